The van der Waals surface area contributed by atoms with Gasteiger partial charge in [-0.1, -0.05) is 18.2 Å². The van der Waals surface area contributed by atoms with Crippen LogP contribution in [-0.2, 0) is 0 Å². The Morgan fingerprint density at radius 1 is 1.00 bits per heavy atom. The lowest BCUT2D eigenvalue weighted by molar-refractivity contribution is 0.102. The maximum atomic E-state index is 12.4. The van der Waals surface area contributed by atoms with Crippen molar-refractivity contribution in [1.82, 2.24) is 9.97 Å². The molecule has 0 saturated heterocycles. The summed E-state index contributed by atoms with van der Waals surface area (Å²) in [7, 11) is 1.56. The van der Waals surface area contributed by atoms with Gasteiger partial charge in [0.25, 0.3) is 5.91 Å². The Morgan fingerprint density at radius 3 is 2.42 bits per heavy atom. The first-order valence-corrected chi connectivity index (χ1v) is 8.17. The summed E-state index contributed by atoms with van der Waals surface area (Å²) < 4.78 is 5.28. The van der Waals surface area contributed by atoms with Crippen LogP contribution in [0.15, 0.2) is 54.9 Å². The standard InChI is InChI=1S/C20H20N4O2/c1-13-5-4-6-16(9-13)23-20-21-11-15(12-22-20)19(25)24-17-10-14(2)7-8-18(17)26-3/h4-12H,1-3H3,(H,24,25)(H,21,22,23). The molecule has 3 rings (SSSR count). The van der Waals surface area contributed by atoms with Crippen molar-refractivity contribution in [3.05, 3.63) is 71.5 Å². The van der Waals surface area contributed by atoms with Gasteiger partial charge >= 0.3 is 0 Å². The zero-order valence-corrected chi connectivity index (χ0v) is 14.9. The summed E-state index contributed by atoms with van der Waals surface area (Å²) in [5, 5.41) is 5.94. The highest BCUT2D eigenvalue weighted by atomic mass is 16.5. The molecule has 2 aromatic carbocycles. The largest absolute Gasteiger partial charge is 0.495 e. The Bertz CT molecular complexity index is 923. The number of nitrogens with zero attached hydrogens (tertiary/aromatic N) is 2. The first kappa shape index (κ1) is 17.4. The van der Waals surface area contributed by atoms with Crippen LogP contribution in [0.3, 0.4) is 0 Å². The molecule has 1 heterocycles. The van der Waals surface area contributed by atoms with Gasteiger partial charge in [-0.15, -0.1) is 0 Å². The van der Waals surface area contributed by atoms with Crippen LogP contribution in [0.4, 0.5) is 17.3 Å². The third-order valence-electron chi connectivity index (χ3n) is 3.79. The summed E-state index contributed by atoms with van der Waals surface area (Å²) in [6.07, 6.45) is 2.98. The molecule has 26 heavy (non-hydrogen) atoms. The smallest absolute Gasteiger partial charge is 0.258 e. The van der Waals surface area contributed by atoms with E-state index in [4.69, 9.17) is 4.74 Å². The molecule has 2 N–H and O–H groups in total. The van der Waals surface area contributed by atoms with Gasteiger partial charge in [-0.25, -0.2) is 9.97 Å². The lowest BCUT2D eigenvalue weighted by Crippen LogP contribution is -2.14. The number of amides is 1. The summed E-state index contributed by atoms with van der Waals surface area (Å²) >= 11 is 0. The molecule has 0 radical (unpaired) electrons. The van der Waals surface area contributed by atoms with Crippen LogP contribution >= 0.6 is 0 Å². The fourth-order valence-electron chi connectivity index (χ4n) is 2.48. The second-order valence-corrected chi connectivity index (χ2v) is 5.95. The van der Waals surface area contributed by atoms with Crippen LogP contribution in [0.1, 0.15) is 21.5 Å². The Balaban J connectivity index is 1.72. The van der Waals surface area contributed by atoms with Gasteiger partial charge in [0.2, 0.25) is 5.95 Å². The van der Waals surface area contributed by atoms with E-state index in [1.807, 2.05) is 56.3 Å². The number of anilines is 3. The highest BCUT2D eigenvalue weighted by Gasteiger charge is 2.11. The molecule has 0 atom stereocenters. The average molecular weight is 348 g/mol. The van der Waals surface area contributed by atoms with E-state index in [-0.39, 0.29) is 5.91 Å². The summed E-state index contributed by atoms with van der Waals surface area (Å²) in [5.74, 6) is 0.735. The molecule has 1 aromatic heterocycles. The normalized spacial score (nSPS) is 10.3. The third kappa shape index (κ3) is 4.16. The molecule has 0 unspecified atom stereocenters. The summed E-state index contributed by atoms with van der Waals surface area (Å²) in [6.45, 7) is 3.96. The van der Waals surface area contributed by atoms with Crippen molar-refractivity contribution in [3.63, 3.8) is 0 Å². The molecule has 0 bridgehead atoms. The minimum atomic E-state index is -0.295. The predicted molar refractivity (Wildman–Crippen MR) is 102 cm³/mol. The molecule has 0 aliphatic heterocycles. The Hall–Kier alpha value is -3.41. The molecule has 132 valence electrons. The number of aromatic nitrogens is 2. The highest BCUT2D eigenvalue weighted by Crippen LogP contribution is 2.25. The Labute approximate surface area is 152 Å². The summed E-state index contributed by atoms with van der Waals surface area (Å²) in [5.41, 5.74) is 4.03. The highest BCUT2D eigenvalue weighted by molar-refractivity contribution is 6.04. The molecule has 0 spiro atoms. The number of aryl methyl sites for hydroxylation is 2. The number of hydrogen-bond acceptors (Lipinski definition) is 5. The zero-order valence-electron chi connectivity index (χ0n) is 14.9. The SMILES string of the molecule is COc1ccc(C)cc1NC(=O)c1cnc(Nc2cccc(C)c2)nc1. The van der Waals surface area contributed by atoms with E-state index in [1.165, 1.54) is 12.4 Å². The van der Waals surface area contributed by atoms with Crippen molar-refractivity contribution in [3.8, 4) is 5.75 Å². The first-order chi connectivity index (χ1) is 12.5. The van der Waals surface area contributed by atoms with E-state index in [9.17, 15) is 4.79 Å². The number of hydrogen-bond donors (Lipinski definition) is 2. The Morgan fingerprint density at radius 2 is 1.73 bits per heavy atom. The van der Waals surface area contributed by atoms with E-state index in [0.29, 0.717) is 22.9 Å². The third-order valence-corrected chi connectivity index (χ3v) is 3.79. The monoisotopic (exact) mass is 348 g/mol. The minimum absolute atomic E-state index is 0.295. The van der Waals surface area contributed by atoms with Crippen LogP contribution in [0.5, 0.6) is 5.75 Å². The maximum Gasteiger partial charge on any atom is 0.258 e. The number of rotatable bonds is 5. The molecule has 6 heteroatoms. The van der Waals surface area contributed by atoms with Gasteiger partial charge in [0.15, 0.2) is 0 Å². The quantitative estimate of drug-likeness (QED) is 0.726. The van der Waals surface area contributed by atoms with Gasteiger partial charge < -0.3 is 15.4 Å². The fourth-order valence-corrected chi connectivity index (χ4v) is 2.48. The van der Waals surface area contributed by atoms with Gasteiger partial charge in [0.05, 0.1) is 18.4 Å². The molecule has 6 nitrogen and oxygen atoms in total. The van der Waals surface area contributed by atoms with Gasteiger partial charge in [-0.3, -0.25) is 4.79 Å². The summed E-state index contributed by atoms with van der Waals surface area (Å²) in [6, 6.07) is 13.5. The van der Waals surface area contributed by atoms with Crippen LogP contribution < -0.4 is 15.4 Å². The van der Waals surface area contributed by atoms with E-state index >= 15 is 0 Å². The van der Waals surface area contributed by atoms with Crippen LogP contribution in [0.25, 0.3) is 0 Å². The van der Waals surface area contributed by atoms with Crippen molar-refractivity contribution >= 4 is 23.2 Å². The van der Waals surface area contributed by atoms with Crippen LogP contribution in [-0.4, -0.2) is 23.0 Å². The van der Waals surface area contributed by atoms with Crippen molar-refractivity contribution in [2.75, 3.05) is 17.7 Å². The topological polar surface area (TPSA) is 76.1 Å². The van der Waals surface area contributed by atoms with Crippen molar-refractivity contribution < 1.29 is 9.53 Å². The minimum Gasteiger partial charge on any atom is -0.495 e. The van der Waals surface area contributed by atoms with Gasteiger partial charge in [-0.05, 0) is 49.2 Å². The Kier molecular flexibility index (Phi) is 5.12. The predicted octanol–water partition coefficient (Wildman–Crippen LogP) is 4.10. The second kappa shape index (κ2) is 7.65. The van der Waals surface area contributed by atoms with Crippen LogP contribution in [0, 0.1) is 13.8 Å². The number of methoxy groups -OCH3 is 1. The molecular weight excluding hydrogens is 328 g/mol. The van der Waals surface area contributed by atoms with Crippen molar-refractivity contribution in [2.45, 2.75) is 13.8 Å². The van der Waals surface area contributed by atoms with Crippen LogP contribution in [0.2, 0.25) is 0 Å². The second-order valence-electron chi connectivity index (χ2n) is 5.95. The number of benzene rings is 2. The number of nitrogens with one attached hydrogen (secondary N) is 2. The zero-order chi connectivity index (χ0) is 18.5. The number of carbonyl (C=O) groups is 1. The van der Waals surface area contributed by atoms with Gasteiger partial charge in [-0.2, -0.15) is 0 Å². The van der Waals surface area contributed by atoms with E-state index in [0.717, 1.165) is 16.8 Å². The van der Waals surface area contributed by atoms with Crippen molar-refractivity contribution in [1.29, 1.82) is 0 Å². The van der Waals surface area contributed by atoms with E-state index in [2.05, 4.69) is 20.6 Å². The summed E-state index contributed by atoms with van der Waals surface area (Å²) in [4.78, 5) is 20.9. The lowest BCUT2D eigenvalue weighted by atomic mass is 10.2. The molecule has 0 aliphatic rings. The average Bonchev–Trinajstić information content (AvgIpc) is 2.62. The van der Waals surface area contributed by atoms with Gasteiger partial charge in [0.1, 0.15) is 5.75 Å². The molecule has 0 aliphatic carbocycles. The molecule has 0 saturated carbocycles. The lowest BCUT2D eigenvalue weighted by Gasteiger charge is -2.11. The van der Waals surface area contributed by atoms with Crippen molar-refractivity contribution in [2.24, 2.45) is 0 Å². The number of ether oxygens (including phenoxy) is 1. The first-order valence-electron chi connectivity index (χ1n) is 8.17. The maximum absolute atomic E-state index is 12.4. The number of carbonyl (C=O) groups excluding carboxylic acids is 1. The molecular formula is C20H20N4O2. The van der Waals surface area contributed by atoms with E-state index in [1.54, 1.807) is 7.11 Å². The molecule has 0 fully saturated rings. The molecule has 3 aromatic rings. The fraction of sp³-hybridized carbons (Fsp3) is 0.150. The van der Waals surface area contributed by atoms with E-state index < -0.39 is 0 Å². The van der Waals surface area contributed by atoms with Gasteiger partial charge in [0, 0.05) is 18.1 Å². The molecule has 1 amide bonds.